The van der Waals surface area contributed by atoms with Crippen LogP contribution in [0.2, 0.25) is 0 Å². The predicted octanol–water partition coefficient (Wildman–Crippen LogP) is -0.957. The summed E-state index contributed by atoms with van der Waals surface area (Å²) < 4.78 is 160. The first-order chi connectivity index (χ1) is 51.9. The predicted molar refractivity (Wildman–Crippen MR) is 399 cm³/mol. The minimum Gasteiger partial charge on any atom is -0.870 e. The molecule has 25 atom stereocenters. The maximum Gasteiger partial charge on any atom is 0.268 e. The van der Waals surface area contributed by atoms with Crippen LogP contribution in [0.5, 0.6) is 0 Å². The number of phosphoric ester groups is 4. The van der Waals surface area contributed by atoms with E-state index in [1.165, 1.54) is 6.42 Å². The normalized spacial score (nSPS) is 31.2. The van der Waals surface area contributed by atoms with Gasteiger partial charge in [0, 0.05) is 121 Å². The van der Waals surface area contributed by atoms with Crippen LogP contribution >= 0.6 is 31.3 Å². The summed E-state index contributed by atoms with van der Waals surface area (Å²) in [5, 5.41) is 27.3. The molecule has 0 amide bonds. The largest absolute Gasteiger partial charge is 0.870 e. The van der Waals surface area contributed by atoms with E-state index in [1.807, 2.05) is 117 Å². The molecule has 0 bridgehead atoms. The van der Waals surface area contributed by atoms with Crippen molar-refractivity contribution >= 4 is 94.1 Å². The first-order valence-corrected chi connectivity index (χ1v) is 42.8. The first kappa shape index (κ1) is 125. The first-order valence-electron chi connectivity index (χ1n) is 36.9. The molecule has 117 heavy (non-hydrogen) atoms. The van der Waals surface area contributed by atoms with E-state index >= 15 is 0 Å². The number of hydrogen-bond acceptors (Lipinski definition) is 36. The second kappa shape index (κ2) is 63.9. The Morgan fingerprint density at radius 1 is 0.427 bits per heavy atom. The van der Waals surface area contributed by atoms with Gasteiger partial charge in [0.1, 0.15) is 83.7 Å². The Hall–Kier alpha value is 1.97. The SMILES string of the molecule is [B]CO[C@@H](COC(C)C)COP(=O)([O-])O[C@@H]1[CH-][C@H]([B])O[C@@H]1COC(C)C.[B][C@@H]1O[C@H](COC(C)C)CC1C#N.[B][C@@H]1O[C@H](COC(C)C)[C@H](OP(=O)([O-])OC[C@H]2O[C@@H]([B])C[C@H]2OC(C)C)C1C#N.[B][C@H]1C[C@@H](OC(C)C)[C@@H](COP(=O)([O-])[O-])O1.[B][C@H]1C[C@@H](OC(C)C)[C@@H](COP(=O)([O-])[O-])O1.[B][C@H]1[CH-][C@@H](O)[C@@H](COC(C)C)O1.[OH-].[W].[W].[W].[W]. The molecule has 662 valence electrons. The average molecular weight is 2410 g/mol. The fraction of sp³-hybridized carbons (Fsp3) is 0.938. The molecule has 2 N–H and O–H groups in total. The fourth-order valence-electron chi connectivity index (χ4n) is 10.8. The Bertz CT molecular complexity index is 2820. The number of rotatable bonds is 39. The van der Waals surface area contributed by atoms with Crippen molar-refractivity contribution in [1.82, 2.24) is 0 Å². The number of aliphatic hydroxyl groups is 1. The molecule has 7 aliphatic rings. The topological polar surface area (TPSA) is 508 Å². The van der Waals surface area contributed by atoms with Gasteiger partial charge in [-0.3, -0.25) is 22.0 Å². The van der Waals surface area contributed by atoms with Crippen molar-refractivity contribution in [3.05, 3.63) is 12.8 Å². The second-order valence-corrected chi connectivity index (χ2v) is 33.7. The Morgan fingerprint density at radius 2 is 0.812 bits per heavy atom. The van der Waals surface area contributed by atoms with Gasteiger partial charge >= 0.3 is 0 Å². The fourth-order valence-corrected chi connectivity index (χ4v) is 13.3. The summed E-state index contributed by atoms with van der Waals surface area (Å²) in [7, 11) is 25.3. The van der Waals surface area contributed by atoms with Gasteiger partial charge in [-0.05, 0) is 149 Å². The Morgan fingerprint density at radius 3 is 1.18 bits per heavy atom. The molecular weight excluding hydrogens is 2300 g/mol. The number of ether oxygens (including phenoxy) is 16. The molecule has 0 aromatic heterocycles. The number of phosphoric acid groups is 4. The molecular formula is C65H111B8N2O34P4W4-9. The van der Waals surface area contributed by atoms with Gasteiger partial charge in [-0.15, -0.1) is 0 Å². The summed E-state index contributed by atoms with van der Waals surface area (Å²) in [4.78, 5) is 65.8. The third kappa shape index (κ3) is 56.2. The summed E-state index contributed by atoms with van der Waals surface area (Å²) >= 11 is 0. The molecule has 0 spiro atoms. The molecule has 0 aromatic rings. The Labute approximate surface area is 759 Å². The quantitative estimate of drug-likeness (QED) is 0.0440. The van der Waals surface area contributed by atoms with Crippen LogP contribution in [0, 0.1) is 47.3 Å². The van der Waals surface area contributed by atoms with Crippen LogP contribution < -0.4 is 29.4 Å². The molecule has 52 heteroatoms. The van der Waals surface area contributed by atoms with E-state index < -0.39 is 140 Å². The van der Waals surface area contributed by atoms with E-state index in [9.17, 15) is 58.0 Å². The molecule has 4 unspecified atom stereocenters. The molecule has 36 nitrogen and oxygen atoms in total. The summed E-state index contributed by atoms with van der Waals surface area (Å²) in [5.41, 5.74) is 0. The van der Waals surface area contributed by atoms with Gasteiger partial charge in [0.15, 0.2) is 0 Å². The van der Waals surface area contributed by atoms with Crippen LogP contribution in [0.25, 0.3) is 0 Å². The van der Waals surface area contributed by atoms with Crippen molar-refractivity contribution in [2.45, 2.75) is 313 Å². The van der Waals surface area contributed by atoms with E-state index in [1.54, 1.807) is 6.42 Å². The number of nitriles is 2. The second-order valence-electron chi connectivity index (χ2n) is 28.6. The molecule has 0 aromatic carbocycles. The maximum absolute atomic E-state index is 12.4. The van der Waals surface area contributed by atoms with E-state index in [2.05, 4.69) is 15.1 Å². The number of aliphatic hydroxyl groups excluding tert-OH is 1. The smallest absolute Gasteiger partial charge is 0.268 e. The van der Waals surface area contributed by atoms with Gasteiger partial charge in [-0.2, -0.15) is 10.5 Å². The van der Waals surface area contributed by atoms with E-state index in [0.29, 0.717) is 38.9 Å². The van der Waals surface area contributed by atoms with Crippen molar-refractivity contribution in [1.29, 1.82) is 10.5 Å². The third-order valence-corrected chi connectivity index (χ3v) is 18.5. The van der Waals surface area contributed by atoms with Crippen LogP contribution in [-0.4, -0.2) is 316 Å². The zero-order valence-electron chi connectivity index (χ0n) is 68.8. The Kier molecular flexibility index (Phi) is 68.4. The molecule has 7 saturated heterocycles. The number of hydrogen-bond donors (Lipinski definition) is 1. The minimum absolute atomic E-state index is 0. The average Bonchev–Trinajstić information content (AvgIpc) is 1.66. The summed E-state index contributed by atoms with van der Waals surface area (Å²) in [6.45, 7) is 29.8. The van der Waals surface area contributed by atoms with E-state index in [4.69, 9.17) is 162 Å². The van der Waals surface area contributed by atoms with Crippen molar-refractivity contribution in [3.63, 3.8) is 0 Å². The summed E-state index contributed by atoms with van der Waals surface area (Å²) in [6, 6.07) is -0.185. The van der Waals surface area contributed by atoms with Gasteiger partial charge in [-0.1, -0.05) is 12.0 Å². The van der Waals surface area contributed by atoms with Crippen LogP contribution in [0.4, 0.5) is 0 Å². The van der Waals surface area contributed by atoms with Crippen LogP contribution in [0.3, 0.4) is 0 Å². The third-order valence-electron chi connectivity index (χ3n) is 15.6. The standard InChI is InChI=1S/C17H28B2NO8P.C15H28B2O8P.C9H14BNO2.2C8H16BO6P.C8H14BO3.H2O.4W/c1-9(2)23-7-14-16(11(6-20)17(19)27-14)28-29(21,22)24-8-13-12(25-10(3)4)5-15(18)26-13;1-10(2)20-6-12(22-9-16)7-23-26(18,19)25-13-5-15(17)24-14(13)8-21-11(3)4;1-6(2)12-5-8-3-7(4-11)9(10)13-8;2*1-5(2)14-6-3-8(9)15-7(6)4-13-16(10,11)12;1-5(2)11-4-7-6(10)3-8(9)12-7;;;;;/h9-17H,5,7-8H2,1-4H3,(H,21,22);5,10-15H,6-9H2,1-4H3,(H,18,19);6-9H,3,5H2,1-2H3;2*5-8H,3-4H2,1-2H3,(H2,10,11,12);3,5-8,10H,4H2,1-2H3;1H2;;;;/q;-1;;;;-1;;;;;/p-7/t11?,12-,13-,14-,15-,16-,17-;12-,13+,14+,15+;7?,8-,9+;3*6-,7-,8-;;;;;/m100111...../s1. The van der Waals surface area contributed by atoms with Crippen LogP contribution in [-0.2, 0) is 205 Å². The van der Waals surface area contributed by atoms with Gasteiger partial charge < -0.3 is 152 Å². The van der Waals surface area contributed by atoms with Crippen molar-refractivity contribution in [2.24, 2.45) is 11.8 Å². The maximum atomic E-state index is 12.4. The molecule has 7 fully saturated rings. The van der Waals surface area contributed by atoms with E-state index in [0.717, 1.165) is 0 Å². The molecule has 7 aliphatic heterocycles. The Balaban J connectivity index is -0.000000668. The molecule has 7 rings (SSSR count). The summed E-state index contributed by atoms with van der Waals surface area (Å²) in [6.07, 6.45) is -3.02. The van der Waals surface area contributed by atoms with Gasteiger partial charge in [-0.25, -0.2) is 0 Å². The van der Waals surface area contributed by atoms with Gasteiger partial charge in [0.2, 0.25) is 0 Å². The van der Waals surface area contributed by atoms with Crippen LogP contribution in [0.1, 0.15) is 136 Å². The summed E-state index contributed by atoms with van der Waals surface area (Å²) in [5.74, 6) is -1.17. The number of nitrogens with zero attached hydrogens (tertiary/aromatic N) is 2. The van der Waals surface area contributed by atoms with Gasteiger partial charge in [0.25, 0.3) is 15.6 Å². The van der Waals surface area contributed by atoms with Gasteiger partial charge in [0.05, 0.1) is 200 Å². The van der Waals surface area contributed by atoms with Crippen LogP contribution in [0.15, 0.2) is 0 Å². The molecule has 7 heterocycles. The minimum atomic E-state index is -4.98. The van der Waals surface area contributed by atoms with E-state index in [-0.39, 0.29) is 222 Å². The molecule has 0 saturated carbocycles. The zero-order valence-corrected chi connectivity index (χ0v) is 84.2. The monoisotopic (exact) mass is 2410 g/mol. The zero-order chi connectivity index (χ0) is 85.2. The van der Waals surface area contributed by atoms with Crippen molar-refractivity contribution in [3.8, 4) is 12.1 Å². The van der Waals surface area contributed by atoms with Crippen molar-refractivity contribution in [2.75, 3.05) is 66.0 Å². The molecule has 16 radical (unpaired) electrons. The molecule has 0 aliphatic carbocycles. The van der Waals surface area contributed by atoms with Crippen molar-refractivity contribution < 1.29 is 245 Å².